The van der Waals surface area contributed by atoms with Gasteiger partial charge in [-0.3, -0.25) is 4.79 Å². The molecule has 0 aromatic heterocycles. The van der Waals surface area contributed by atoms with Crippen molar-refractivity contribution in [3.05, 3.63) is 59.7 Å². The number of nitrogens with zero attached hydrogens (tertiary/aromatic N) is 1. The van der Waals surface area contributed by atoms with Crippen LogP contribution in [0.15, 0.2) is 53.4 Å². The van der Waals surface area contributed by atoms with Crippen molar-refractivity contribution in [1.82, 2.24) is 4.31 Å². The Kier molecular flexibility index (Phi) is 6.49. The Morgan fingerprint density at radius 2 is 1.64 bits per heavy atom. The molecule has 1 N–H and O–H groups in total. The smallest absolute Gasteiger partial charge is 0.243 e. The highest BCUT2D eigenvalue weighted by Crippen LogP contribution is 2.17. The molecular weight excluding hydrogens is 376 g/mol. The van der Waals surface area contributed by atoms with Crippen LogP contribution in [0.3, 0.4) is 0 Å². The second-order valence-electron chi connectivity index (χ2n) is 7.15. The molecule has 1 aliphatic heterocycles. The third kappa shape index (κ3) is 4.98. The van der Waals surface area contributed by atoms with E-state index in [9.17, 15) is 13.2 Å². The van der Waals surface area contributed by atoms with Crippen molar-refractivity contribution in [2.24, 2.45) is 0 Å². The monoisotopic (exact) mass is 403 g/mol. The van der Waals surface area contributed by atoms with Gasteiger partial charge in [0.2, 0.25) is 10.0 Å². The van der Waals surface area contributed by atoms with Gasteiger partial charge >= 0.3 is 0 Å². The summed E-state index contributed by atoms with van der Waals surface area (Å²) in [5.74, 6) is 0.786. The lowest BCUT2D eigenvalue weighted by Crippen LogP contribution is -3.15. The molecule has 1 aliphatic rings. The number of quaternary nitrogens is 1. The van der Waals surface area contributed by atoms with Crippen molar-refractivity contribution in [2.75, 3.05) is 39.3 Å². The van der Waals surface area contributed by atoms with Gasteiger partial charge in [-0.1, -0.05) is 29.8 Å². The zero-order chi connectivity index (χ0) is 20.1. The number of Topliss-reactive ketones (excluding diaryl/α,β-unsaturated/α-hetero) is 1. The number of aryl methyl sites for hydroxylation is 1. The molecule has 0 atom stereocenters. The van der Waals surface area contributed by atoms with Gasteiger partial charge in [0.15, 0.2) is 5.78 Å². The molecule has 28 heavy (non-hydrogen) atoms. The average molecular weight is 404 g/mol. The number of hydrogen-bond donors (Lipinski definition) is 1. The summed E-state index contributed by atoms with van der Waals surface area (Å²) in [6.45, 7) is 7.43. The van der Waals surface area contributed by atoms with Gasteiger partial charge in [0.25, 0.3) is 0 Å². The summed E-state index contributed by atoms with van der Waals surface area (Å²) in [4.78, 5) is 12.9. The first-order chi connectivity index (χ1) is 13.4. The van der Waals surface area contributed by atoms with Crippen LogP contribution in [-0.2, 0) is 10.0 Å². The predicted octanol–water partition coefficient (Wildman–Crippen LogP) is 1.17. The van der Waals surface area contributed by atoms with Gasteiger partial charge in [0.05, 0.1) is 31.1 Å². The molecule has 0 spiro atoms. The van der Waals surface area contributed by atoms with Crippen LogP contribution in [0.2, 0.25) is 0 Å². The summed E-state index contributed by atoms with van der Waals surface area (Å²) in [5, 5.41) is 0. The van der Waals surface area contributed by atoms with E-state index in [1.807, 2.05) is 31.2 Å². The van der Waals surface area contributed by atoms with Gasteiger partial charge in [-0.25, -0.2) is 8.42 Å². The number of carbonyl (C=O) groups excluding carboxylic acids is 1. The minimum atomic E-state index is -3.52. The van der Waals surface area contributed by atoms with Gasteiger partial charge in [-0.15, -0.1) is 0 Å². The number of ketones is 1. The van der Waals surface area contributed by atoms with Crippen LogP contribution in [0.1, 0.15) is 22.8 Å². The van der Waals surface area contributed by atoms with Gasteiger partial charge < -0.3 is 9.64 Å². The number of piperazine rings is 1. The lowest BCUT2D eigenvalue weighted by atomic mass is 10.2. The largest absolute Gasteiger partial charge is 0.488 e. The molecule has 2 aromatic rings. The average Bonchev–Trinajstić information content (AvgIpc) is 2.70. The van der Waals surface area contributed by atoms with Crippen molar-refractivity contribution in [3.63, 3.8) is 0 Å². The molecule has 2 aromatic carbocycles. The highest BCUT2D eigenvalue weighted by Gasteiger charge is 2.30. The maximum Gasteiger partial charge on any atom is 0.243 e. The van der Waals surface area contributed by atoms with Gasteiger partial charge in [0.1, 0.15) is 18.9 Å². The number of rotatable bonds is 7. The molecule has 0 saturated carbocycles. The normalized spacial score (nSPS) is 16.1. The molecule has 0 amide bonds. The Bertz CT molecular complexity index is 900. The van der Waals surface area contributed by atoms with Crippen LogP contribution >= 0.6 is 0 Å². The Morgan fingerprint density at radius 1 is 1.04 bits per heavy atom. The highest BCUT2D eigenvalue weighted by atomic mass is 32.2. The first-order valence-corrected chi connectivity index (χ1v) is 10.9. The maximum absolute atomic E-state index is 12.8. The van der Waals surface area contributed by atoms with E-state index in [1.165, 1.54) is 33.8 Å². The van der Waals surface area contributed by atoms with Crippen LogP contribution in [0.25, 0.3) is 0 Å². The van der Waals surface area contributed by atoms with Crippen LogP contribution in [0.5, 0.6) is 5.75 Å². The molecule has 1 heterocycles. The molecule has 1 saturated heterocycles. The molecule has 150 valence electrons. The molecule has 0 radical (unpaired) electrons. The van der Waals surface area contributed by atoms with E-state index in [-0.39, 0.29) is 10.7 Å². The van der Waals surface area contributed by atoms with E-state index in [4.69, 9.17) is 4.74 Å². The van der Waals surface area contributed by atoms with Crippen LogP contribution in [0.4, 0.5) is 0 Å². The molecule has 3 rings (SSSR count). The fraction of sp³-hybridized carbons (Fsp3) is 0.381. The minimum Gasteiger partial charge on any atom is -0.488 e. The van der Waals surface area contributed by atoms with Crippen LogP contribution < -0.4 is 9.64 Å². The number of carbonyl (C=O) groups is 1. The molecule has 7 heteroatoms. The first-order valence-electron chi connectivity index (χ1n) is 9.50. The van der Waals surface area contributed by atoms with Gasteiger partial charge in [-0.2, -0.15) is 4.31 Å². The number of benzene rings is 2. The Hall–Kier alpha value is -2.22. The number of ether oxygens (including phenoxy) is 1. The topological polar surface area (TPSA) is 68.1 Å². The molecule has 6 nitrogen and oxygen atoms in total. The van der Waals surface area contributed by atoms with Gasteiger partial charge in [0, 0.05) is 5.56 Å². The van der Waals surface area contributed by atoms with Crippen molar-refractivity contribution in [3.8, 4) is 5.75 Å². The fourth-order valence-corrected chi connectivity index (χ4v) is 4.69. The summed E-state index contributed by atoms with van der Waals surface area (Å²) in [6, 6.07) is 14.1. The van der Waals surface area contributed by atoms with E-state index in [0.717, 1.165) is 25.4 Å². The van der Waals surface area contributed by atoms with E-state index in [2.05, 4.69) is 0 Å². The zero-order valence-corrected chi connectivity index (χ0v) is 17.2. The Balaban J connectivity index is 1.49. The van der Waals surface area contributed by atoms with Crippen molar-refractivity contribution >= 4 is 15.8 Å². The molecular formula is C21H27N2O4S+. The summed E-state index contributed by atoms with van der Waals surface area (Å²) >= 11 is 0. The zero-order valence-electron chi connectivity index (χ0n) is 16.3. The van der Waals surface area contributed by atoms with Crippen molar-refractivity contribution < 1.29 is 22.8 Å². The van der Waals surface area contributed by atoms with E-state index in [0.29, 0.717) is 25.3 Å². The van der Waals surface area contributed by atoms with Crippen molar-refractivity contribution in [2.45, 2.75) is 18.7 Å². The quantitative estimate of drug-likeness (QED) is 0.705. The minimum absolute atomic E-state index is 0.0750. The maximum atomic E-state index is 12.8. The summed E-state index contributed by atoms with van der Waals surface area (Å²) in [6.07, 6.45) is 0. The summed E-state index contributed by atoms with van der Waals surface area (Å²) < 4.78 is 32.9. The van der Waals surface area contributed by atoms with Crippen LogP contribution in [-0.4, -0.2) is 57.8 Å². The molecule has 0 bridgehead atoms. The third-order valence-electron chi connectivity index (χ3n) is 5.07. The number of nitrogens with one attached hydrogen (secondary N) is 1. The molecule has 1 fully saturated rings. The lowest BCUT2D eigenvalue weighted by Gasteiger charge is -2.31. The summed E-state index contributed by atoms with van der Waals surface area (Å²) in [7, 11) is -3.52. The Labute approximate surface area is 166 Å². The lowest BCUT2D eigenvalue weighted by molar-refractivity contribution is -0.903. The van der Waals surface area contributed by atoms with E-state index >= 15 is 0 Å². The second-order valence-corrected chi connectivity index (χ2v) is 9.08. The number of hydrogen-bond acceptors (Lipinski definition) is 4. The summed E-state index contributed by atoms with van der Waals surface area (Å²) in [5.41, 5.74) is 1.72. The molecule has 0 aliphatic carbocycles. The van der Waals surface area contributed by atoms with Gasteiger partial charge in [-0.05, 0) is 38.1 Å². The SMILES string of the molecule is CC(=O)c1ccc(S(=O)(=O)N2CC[NH+](CCOc3ccc(C)cc3)CC2)cc1. The first kappa shape index (κ1) is 20.5. The Morgan fingerprint density at radius 3 is 2.21 bits per heavy atom. The number of sulfonamides is 1. The van der Waals surface area contributed by atoms with Crippen molar-refractivity contribution in [1.29, 1.82) is 0 Å². The van der Waals surface area contributed by atoms with Crippen LogP contribution in [0, 0.1) is 6.92 Å². The second kappa shape index (κ2) is 8.86. The predicted molar refractivity (Wildman–Crippen MR) is 107 cm³/mol. The third-order valence-corrected chi connectivity index (χ3v) is 6.99. The molecule has 0 unspecified atom stereocenters. The van der Waals surface area contributed by atoms with E-state index in [1.54, 1.807) is 12.1 Å². The highest BCUT2D eigenvalue weighted by molar-refractivity contribution is 7.89. The standard InChI is InChI=1S/C21H26N2O4S/c1-17-3-7-20(8-4-17)27-16-15-22-11-13-23(14-12-22)28(25,26)21-9-5-19(6-10-21)18(2)24/h3-10H,11-16H2,1-2H3/p+1. The van der Waals surface area contributed by atoms with E-state index < -0.39 is 10.0 Å². The fourth-order valence-electron chi connectivity index (χ4n) is 3.25.